The van der Waals surface area contributed by atoms with E-state index < -0.39 is 18.5 Å². The lowest BCUT2D eigenvalue weighted by molar-refractivity contribution is -0.119. The molecule has 6 heteroatoms. The van der Waals surface area contributed by atoms with E-state index in [2.05, 4.69) is 0 Å². The Morgan fingerprint density at radius 3 is 2.31 bits per heavy atom. The van der Waals surface area contributed by atoms with Crippen molar-refractivity contribution in [1.29, 1.82) is 0 Å². The smallest absolute Gasteiger partial charge is 0.399 e. The standard InChI is InChI=1S/C10H12F4N2/c1-2-16(6-10(12,13)14)9-4-7(11)3-8(15)5-9/h3-5H,2,6,15H2,1H3. The molecule has 0 radical (unpaired) electrons. The van der Waals surface area contributed by atoms with Crippen LogP contribution in [0.5, 0.6) is 0 Å². The monoisotopic (exact) mass is 236 g/mol. The van der Waals surface area contributed by atoms with Gasteiger partial charge in [0, 0.05) is 17.9 Å². The molecule has 0 amide bonds. The predicted octanol–water partition coefficient (Wildman–Crippen LogP) is 2.80. The van der Waals surface area contributed by atoms with Gasteiger partial charge in [-0.2, -0.15) is 13.2 Å². The molecule has 2 nitrogen and oxygen atoms in total. The first-order chi connectivity index (χ1) is 7.31. The second-order valence-electron chi connectivity index (χ2n) is 3.37. The van der Waals surface area contributed by atoms with Gasteiger partial charge in [0.25, 0.3) is 0 Å². The molecular formula is C10H12F4N2. The fourth-order valence-corrected chi connectivity index (χ4v) is 1.38. The topological polar surface area (TPSA) is 29.3 Å². The normalized spacial score (nSPS) is 11.6. The number of rotatable bonds is 3. The van der Waals surface area contributed by atoms with Crippen molar-refractivity contribution < 1.29 is 17.6 Å². The van der Waals surface area contributed by atoms with Crippen molar-refractivity contribution in [1.82, 2.24) is 0 Å². The molecule has 0 unspecified atom stereocenters. The van der Waals surface area contributed by atoms with Crippen LogP contribution in [0, 0.1) is 5.82 Å². The first kappa shape index (κ1) is 12.6. The minimum atomic E-state index is -4.32. The van der Waals surface area contributed by atoms with Crippen molar-refractivity contribution in [3.05, 3.63) is 24.0 Å². The largest absolute Gasteiger partial charge is 0.405 e. The van der Waals surface area contributed by atoms with Gasteiger partial charge in [-0.25, -0.2) is 4.39 Å². The van der Waals surface area contributed by atoms with E-state index in [0.717, 1.165) is 17.0 Å². The molecule has 0 atom stereocenters. The highest BCUT2D eigenvalue weighted by Gasteiger charge is 2.30. The van der Waals surface area contributed by atoms with E-state index in [4.69, 9.17) is 5.73 Å². The Bertz CT molecular complexity index is 342. The molecule has 2 N–H and O–H groups in total. The zero-order chi connectivity index (χ0) is 12.3. The third-order valence-corrected chi connectivity index (χ3v) is 2.02. The van der Waals surface area contributed by atoms with Gasteiger partial charge in [0.05, 0.1) is 0 Å². The van der Waals surface area contributed by atoms with Crippen LogP contribution in [0.2, 0.25) is 0 Å². The molecule has 0 fully saturated rings. The molecule has 1 rings (SSSR count). The molecule has 16 heavy (non-hydrogen) atoms. The molecule has 0 aliphatic rings. The highest BCUT2D eigenvalue weighted by molar-refractivity contribution is 5.56. The van der Waals surface area contributed by atoms with Crippen LogP contribution in [-0.4, -0.2) is 19.3 Å². The number of nitrogens with zero attached hydrogens (tertiary/aromatic N) is 1. The highest BCUT2D eigenvalue weighted by Crippen LogP contribution is 2.24. The lowest BCUT2D eigenvalue weighted by Gasteiger charge is -2.24. The Morgan fingerprint density at radius 1 is 1.25 bits per heavy atom. The number of halogens is 4. The highest BCUT2D eigenvalue weighted by atomic mass is 19.4. The maximum Gasteiger partial charge on any atom is 0.405 e. The Morgan fingerprint density at radius 2 is 1.88 bits per heavy atom. The average Bonchev–Trinajstić information content (AvgIpc) is 2.11. The van der Waals surface area contributed by atoms with Gasteiger partial charge >= 0.3 is 6.18 Å². The SMILES string of the molecule is CCN(CC(F)(F)F)c1cc(N)cc(F)c1. The van der Waals surface area contributed by atoms with Crippen molar-refractivity contribution in [2.75, 3.05) is 23.7 Å². The van der Waals surface area contributed by atoms with Gasteiger partial charge in [0.15, 0.2) is 0 Å². The van der Waals surface area contributed by atoms with Crippen molar-refractivity contribution in [3.8, 4) is 0 Å². The van der Waals surface area contributed by atoms with E-state index in [1.165, 1.54) is 6.07 Å². The van der Waals surface area contributed by atoms with Gasteiger partial charge in [0.2, 0.25) is 0 Å². The van der Waals surface area contributed by atoms with Gasteiger partial charge in [-0.1, -0.05) is 0 Å². The fourth-order valence-electron chi connectivity index (χ4n) is 1.38. The summed E-state index contributed by atoms with van der Waals surface area (Å²) in [6.07, 6.45) is -4.32. The second kappa shape index (κ2) is 4.59. The summed E-state index contributed by atoms with van der Waals surface area (Å²) in [6, 6.07) is 3.41. The van der Waals surface area contributed by atoms with Crippen LogP contribution in [0.4, 0.5) is 28.9 Å². The van der Waals surface area contributed by atoms with Gasteiger partial charge < -0.3 is 10.6 Å². The van der Waals surface area contributed by atoms with E-state index in [1.54, 1.807) is 6.92 Å². The number of nitrogen functional groups attached to an aromatic ring is 1. The van der Waals surface area contributed by atoms with Crippen molar-refractivity contribution >= 4 is 11.4 Å². The minimum absolute atomic E-state index is 0.107. The maximum absolute atomic E-state index is 13.0. The molecule has 0 aromatic heterocycles. The number of hydrogen-bond donors (Lipinski definition) is 1. The van der Waals surface area contributed by atoms with Crippen LogP contribution in [0.3, 0.4) is 0 Å². The summed E-state index contributed by atoms with van der Waals surface area (Å²) in [4.78, 5) is 1.01. The van der Waals surface area contributed by atoms with Crippen LogP contribution in [0.15, 0.2) is 18.2 Å². The summed E-state index contributed by atoms with van der Waals surface area (Å²) in [6.45, 7) is 0.571. The Labute approximate surface area is 90.7 Å². The molecule has 0 saturated heterocycles. The molecule has 0 aliphatic heterocycles. The maximum atomic E-state index is 13.0. The van der Waals surface area contributed by atoms with E-state index in [1.807, 2.05) is 0 Å². The van der Waals surface area contributed by atoms with E-state index >= 15 is 0 Å². The summed E-state index contributed by atoms with van der Waals surface area (Å²) in [7, 11) is 0. The second-order valence-corrected chi connectivity index (χ2v) is 3.37. The molecule has 0 bridgehead atoms. The van der Waals surface area contributed by atoms with Crippen LogP contribution in [0.25, 0.3) is 0 Å². The van der Waals surface area contributed by atoms with Crippen LogP contribution in [0.1, 0.15) is 6.92 Å². The quantitative estimate of drug-likeness (QED) is 0.646. The van der Waals surface area contributed by atoms with Gasteiger partial charge in [-0.05, 0) is 25.1 Å². The molecule has 1 aromatic rings. The first-order valence-corrected chi connectivity index (χ1v) is 4.69. The molecule has 1 aromatic carbocycles. The van der Waals surface area contributed by atoms with E-state index in [0.29, 0.717) is 0 Å². The van der Waals surface area contributed by atoms with Crippen molar-refractivity contribution in [3.63, 3.8) is 0 Å². The summed E-state index contributed by atoms with van der Waals surface area (Å²) in [5, 5.41) is 0. The summed E-state index contributed by atoms with van der Waals surface area (Å²) in [5.74, 6) is -0.643. The number of benzene rings is 1. The Kier molecular flexibility index (Phi) is 3.62. The van der Waals surface area contributed by atoms with Crippen LogP contribution < -0.4 is 10.6 Å². The lowest BCUT2D eigenvalue weighted by Crippen LogP contribution is -2.34. The summed E-state index contributed by atoms with van der Waals surface area (Å²) >= 11 is 0. The van der Waals surface area contributed by atoms with Crippen LogP contribution in [-0.2, 0) is 0 Å². The molecule has 0 aliphatic carbocycles. The van der Waals surface area contributed by atoms with Crippen molar-refractivity contribution in [2.45, 2.75) is 13.1 Å². The van der Waals surface area contributed by atoms with Crippen LogP contribution >= 0.6 is 0 Å². The lowest BCUT2D eigenvalue weighted by atomic mass is 10.2. The average molecular weight is 236 g/mol. The number of alkyl halides is 3. The van der Waals surface area contributed by atoms with Gasteiger partial charge in [0.1, 0.15) is 12.4 Å². The minimum Gasteiger partial charge on any atom is -0.399 e. The predicted molar refractivity (Wildman–Crippen MR) is 54.8 cm³/mol. The molecule has 0 spiro atoms. The third-order valence-electron chi connectivity index (χ3n) is 2.02. The van der Waals surface area contributed by atoms with E-state index in [-0.39, 0.29) is 17.9 Å². The summed E-state index contributed by atoms with van der Waals surface area (Å²) in [5.41, 5.74) is 5.61. The number of anilines is 2. The van der Waals surface area contributed by atoms with Crippen molar-refractivity contribution in [2.24, 2.45) is 0 Å². The Balaban J connectivity index is 2.95. The zero-order valence-corrected chi connectivity index (χ0v) is 8.68. The molecule has 90 valence electrons. The van der Waals surface area contributed by atoms with Gasteiger partial charge in [-0.3, -0.25) is 0 Å². The fraction of sp³-hybridized carbons (Fsp3) is 0.400. The third kappa shape index (κ3) is 3.60. The zero-order valence-electron chi connectivity index (χ0n) is 8.68. The molecule has 0 heterocycles. The molecule has 0 saturated carbocycles. The van der Waals surface area contributed by atoms with Gasteiger partial charge in [-0.15, -0.1) is 0 Å². The van der Waals surface area contributed by atoms with E-state index in [9.17, 15) is 17.6 Å². The number of nitrogens with two attached hydrogens (primary N) is 1. The number of hydrogen-bond acceptors (Lipinski definition) is 2. The Hall–Kier alpha value is -1.46. The summed E-state index contributed by atoms with van der Waals surface area (Å²) < 4.78 is 49.6. The molecular weight excluding hydrogens is 224 g/mol. The first-order valence-electron chi connectivity index (χ1n) is 4.69.